The summed E-state index contributed by atoms with van der Waals surface area (Å²) in [6.07, 6.45) is 7.95. The summed E-state index contributed by atoms with van der Waals surface area (Å²) < 4.78 is 51.8. The van der Waals surface area contributed by atoms with Gasteiger partial charge in [-0.1, -0.05) is 44.7 Å². The lowest BCUT2D eigenvalue weighted by atomic mass is 10.2. The van der Waals surface area contributed by atoms with Crippen LogP contribution in [0.25, 0.3) is 11.3 Å². The second-order valence-electron chi connectivity index (χ2n) is 5.60. The molecule has 1 heterocycles. The molecular weight excluding hydrogens is 384 g/mol. The fourth-order valence-corrected chi connectivity index (χ4v) is 2.74. The maximum atomic E-state index is 13.8. The first-order valence-corrected chi connectivity index (χ1v) is 10.2. The number of sulfonamides is 1. The van der Waals surface area contributed by atoms with Crippen LogP contribution < -0.4 is 5.14 Å². The Kier molecular flexibility index (Phi) is 8.01. The fourth-order valence-electron chi connectivity index (χ4n) is 2.22. The topological polar surface area (TPSA) is 78.0 Å². The fraction of sp³-hybridized carbons (Fsp3) is 0.250. The smallest absolute Gasteiger partial charge is 0.288 e. The molecule has 0 aliphatic heterocycles. The van der Waals surface area contributed by atoms with Gasteiger partial charge in [0.15, 0.2) is 0 Å². The zero-order chi connectivity index (χ0) is 21.5. The maximum absolute atomic E-state index is 13.8. The largest absolute Gasteiger partial charge is 0.299 e. The van der Waals surface area contributed by atoms with Crippen LogP contribution >= 0.6 is 0 Å². The van der Waals surface area contributed by atoms with E-state index in [0.717, 1.165) is 6.92 Å². The van der Waals surface area contributed by atoms with Gasteiger partial charge in [-0.15, -0.1) is 0 Å². The van der Waals surface area contributed by atoms with Crippen LogP contribution in [0, 0.1) is 0 Å². The van der Waals surface area contributed by atoms with Gasteiger partial charge in [0.1, 0.15) is 11.5 Å². The van der Waals surface area contributed by atoms with Crippen molar-refractivity contribution in [3.8, 4) is 5.69 Å². The Hall–Kier alpha value is -2.58. The molecule has 0 bridgehead atoms. The Morgan fingerprint density at radius 2 is 1.82 bits per heavy atom. The molecule has 152 valence electrons. The summed E-state index contributed by atoms with van der Waals surface area (Å²) in [5.41, 5.74) is 0.592. The van der Waals surface area contributed by atoms with Gasteiger partial charge in [-0.2, -0.15) is 8.78 Å². The monoisotopic (exact) mass is 409 g/mol. The average molecular weight is 410 g/mol. The second kappa shape index (κ2) is 9.57. The first kappa shape index (κ1) is 23.5. The van der Waals surface area contributed by atoms with E-state index in [1.807, 2.05) is 20.8 Å². The van der Waals surface area contributed by atoms with E-state index in [1.54, 1.807) is 18.2 Å². The molecule has 0 aliphatic rings. The molecule has 0 unspecified atom stereocenters. The lowest BCUT2D eigenvalue weighted by Gasteiger charge is -2.09. The number of nitrogens with zero attached hydrogens (tertiary/aromatic N) is 2. The highest BCUT2D eigenvalue weighted by atomic mass is 32.2. The molecule has 0 saturated carbocycles. The number of rotatable bonds is 6. The number of benzene rings is 1. The Morgan fingerprint density at radius 1 is 1.25 bits per heavy atom. The molecule has 28 heavy (non-hydrogen) atoms. The minimum Gasteiger partial charge on any atom is -0.299 e. The van der Waals surface area contributed by atoms with Crippen LogP contribution in [-0.2, 0) is 15.9 Å². The van der Waals surface area contributed by atoms with E-state index in [1.165, 1.54) is 41.1 Å². The molecule has 0 atom stereocenters. The zero-order valence-electron chi connectivity index (χ0n) is 16.4. The SMILES string of the molecule is C=C/C(=C\C=C/C)c1nc(C(C)(F)F)cn1-c1ccc(S(N)(=O)=O)cc1.CC. The lowest BCUT2D eigenvalue weighted by molar-refractivity contribution is 0.0131. The van der Waals surface area contributed by atoms with E-state index >= 15 is 0 Å². The third-order valence-electron chi connectivity index (χ3n) is 3.55. The van der Waals surface area contributed by atoms with Crippen molar-refractivity contribution in [1.82, 2.24) is 9.55 Å². The molecule has 5 nitrogen and oxygen atoms in total. The third kappa shape index (κ3) is 5.71. The van der Waals surface area contributed by atoms with Gasteiger partial charge in [-0.05, 0) is 31.2 Å². The van der Waals surface area contributed by atoms with E-state index in [2.05, 4.69) is 11.6 Å². The summed E-state index contributed by atoms with van der Waals surface area (Å²) in [5.74, 6) is -2.87. The van der Waals surface area contributed by atoms with Gasteiger partial charge < -0.3 is 0 Å². The molecular formula is C20H25F2N3O2S. The molecule has 0 amide bonds. The Balaban J connectivity index is 0.00000190. The standard InChI is InChI=1S/C18H19F2N3O2S.C2H6/c1-4-6-7-13(5-2)17-22-16(18(3,19)20)12-23(17)14-8-10-15(11-9-14)26(21,24)25;1-2/h4-12H,2H2,1,3H3,(H2,21,24,25);1-2H3/b6-4-,13-7+;. The quantitative estimate of drug-likeness (QED) is 0.696. The lowest BCUT2D eigenvalue weighted by Crippen LogP contribution is -2.12. The predicted octanol–water partition coefficient (Wildman–Crippen LogP) is 4.80. The van der Waals surface area contributed by atoms with Crippen molar-refractivity contribution in [1.29, 1.82) is 0 Å². The molecule has 1 aromatic heterocycles. The minimum absolute atomic E-state index is 0.0719. The number of alkyl halides is 2. The summed E-state index contributed by atoms with van der Waals surface area (Å²) in [7, 11) is -3.84. The Labute approximate surface area is 165 Å². The molecule has 0 saturated heterocycles. The molecule has 2 N–H and O–H groups in total. The van der Waals surface area contributed by atoms with E-state index in [0.29, 0.717) is 11.3 Å². The number of hydrogen-bond acceptors (Lipinski definition) is 3. The highest BCUT2D eigenvalue weighted by Gasteiger charge is 2.29. The van der Waals surface area contributed by atoms with Crippen LogP contribution in [0.2, 0.25) is 0 Å². The minimum atomic E-state index is -3.84. The highest BCUT2D eigenvalue weighted by Crippen LogP contribution is 2.30. The van der Waals surface area contributed by atoms with Crippen molar-refractivity contribution in [3.63, 3.8) is 0 Å². The average Bonchev–Trinajstić information content (AvgIpc) is 3.09. The van der Waals surface area contributed by atoms with Crippen molar-refractivity contribution in [2.45, 2.75) is 38.5 Å². The van der Waals surface area contributed by atoms with Crippen LogP contribution in [0.4, 0.5) is 8.78 Å². The highest BCUT2D eigenvalue weighted by molar-refractivity contribution is 7.89. The Bertz CT molecular complexity index is 968. The molecule has 0 radical (unpaired) electrons. The first-order chi connectivity index (χ1) is 13.1. The van der Waals surface area contributed by atoms with Gasteiger partial charge in [0, 0.05) is 24.4 Å². The van der Waals surface area contributed by atoms with Gasteiger partial charge in [-0.25, -0.2) is 18.5 Å². The van der Waals surface area contributed by atoms with Gasteiger partial charge in [0.2, 0.25) is 10.0 Å². The maximum Gasteiger partial charge on any atom is 0.288 e. The van der Waals surface area contributed by atoms with Crippen molar-refractivity contribution in [3.05, 3.63) is 72.9 Å². The molecule has 8 heteroatoms. The summed E-state index contributed by atoms with van der Waals surface area (Å²) in [5, 5.41) is 5.09. The van der Waals surface area contributed by atoms with Gasteiger partial charge in [0.05, 0.1) is 4.90 Å². The van der Waals surface area contributed by atoms with Crippen molar-refractivity contribution in [2.75, 3.05) is 0 Å². The molecule has 0 fully saturated rings. The van der Waals surface area contributed by atoms with Crippen LogP contribution in [0.15, 0.2) is 66.2 Å². The van der Waals surface area contributed by atoms with Crippen molar-refractivity contribution in [2.24, 2.45) is 5.14 Å². The molecule has 2 aromatic rings. The van der Waals surface area contributed by atoms with Gasteiger partial charge in [0.25, 0.3) is 5.92 Å². The first-order valence-electron chi connectivity index (χ1n) is 8.64. The molecule has 1 aromatic carbocycles. The number of allylic oxidation sites excluding steroid dienone is 5. The van der Waals surface area contributed by atoms with E-state index in [-0.39, 0.29) is 10.7 Å². The van der Waals surface area contributed by atoms with E-state index < -0.39 is 21.6 Å². The number of hydrogen-bond donors (Lipinski definition) is 1. The molecule has 0 spiro atoms. The number of halogens is 2. The van der Waals surface area contributed by atoms with Crippen LogP contribution in [0.3, 0.4) is 0 Å². The van der Waals surface area contributed by atoms with E-state index in [4.69, 9.17) is 5.14 Å². The van der Waals surface area contributed by atoms with Crippen LogP contribution in [0.1, 0.15) is 39.2 Å². The van der Waals surface area contributed by atoms with Crippen molar-refractivity contribution < 1.29 is 17.2 Å². The predicted molar refractivity (Wildman–Crippen MR) is 109 cm³/mol. The number of aromatic nitrogens is 2. The number of imidazole rings is 1. The Morgan fingerprint density at radius 3 is 2.25 bits per heavy atom. The normalized spacial score (nSPS) is 12.6. The van der Waals surface area contributed by atoms with Crippen LogP contribution in [-0.4, -0.2) is 18.0 Å². The second-order valence-corrected chi connectivity index (χ2v) is 7.16. The summed E-state index contributed by atoms with van der Waals surface area (Å²) in [6.45, 7) is 10.3. The van der Waals surface area contributed by atoms with E-state index in [9.17, 15) is 17.2 Å². The van der Waals surface area contributed by atoms with Gasteiger partial charge >= 0.3 is 0 Å². The number of primary sulfonamides is 1. The third-order valence-corrected chi connectivity index (χ3v) is 4.47. The van der Waals surface area contributed by atoms with Crippen LogP contribution in [0.5, 0.6) is 0 Å². The summed E-state index contributed by atoms with van der Waals surface area (Å²) in [4.78, 5) is 3.98. The van der Waals surface area contributed by atoms with Gasteiger partial charge in [-0.3, -0.25) is 4.57 Å². The summed E-state index contributed by atoms with van der Waals surface area (Å²) >= 11 is 0. The number of nitrogens with two attached hydrogens (primary N) is 1. The molecule has 2 rings (SSSR count). The molecule has 0 aliphatic carbocycles. The summed E-state index contributed by atoms with van der Waals surface area (Å²) in [6, 6.07) is 5.56. The zero-order valence-corrected chi connectivity index (χ0v) is 17.2. The van der Waals surface area contributed by atoms with Crippen molar-refractivity contribution >= 4 is 15.6 Å².